The Balaban J connectivity index is 0.000000190. The van der Waals surface area contributed by atoms with Crippen LogP contribution >= 0.6 is 0 Å². The van der Waals surface area contributed by atoms with E-state index in [4.69, 9.17) is 15.2 Å². The lowest BCUT2D eigenvalue weighted by Crippen LogP contribution is -2.55. The van der Waals surface area contributed by atoms with Crippen LogP contribution in [0.3, 0.4) is 0 Å². The number of fused-ring (bicyclic) bond motifs is 12. The normalized spacial score (nSPS) is 33.7. The average molecular weight is 1680 g/mol. The number of benzene rings is 4. The van der Waals surface area contributed by atoms with Crippen LogP contribution in [0, 0.1) is 70.0 Å². The molecule has 4 aromatic rings. The molecular formula is C100H131F3N8O11. The van der Waals surface area contributed by atoms with Crippen LogP contribution in [0.4, 0.5) is 13.2 Å². The summed E-state index contributed by atoms with van der Waals surface area (Å²) in [4.78, 5) is 96.9. The lowest BCUT2D eigenvalue weighted by Gasteiger charge is -2.49. The number of rotatable bonds is 25. The molecule has 4 saturated heterocycles. The van der Waals surface area contributed by atoms with Crippen LogP contribution in [-0.4, -0.2) is 179 Å². The van der Waals surface area contributed by atoms with Crippen LogP contribution < -0.4 is 32.3 Å². The van der Waals surface area contributed by atoms with Crippen molar-refractivity contribution in [2.24, 2.45) is 75.7 Å². The van der Waals surface area contributed by atoms with Gasteiger partial charge in [-0.3, -0.25) is 43.4 Å². The maximum absolute atomic E-state index is 13.9. The molecule has 0 aromatic heterocycles. The van der Waals surface area contributed by atoms with Gasteiger partial charge in [-0.05, 0) is 255 Å². The number of nitrogens with zero attached hydrogens (tertiary/aromatic N) is 2. The second-order valence-electron chi connectivity index (χ2n) is 39.1. The molecular weight excluding hydrogens is 1550 g/mol. The minimum atomic E-state index is -4.99. The molecule has 4 aliphatic heterocycles. The molecule has 4 aromatic carbocycles. The van der Waals surface area contributed by atoms with Crippen molar-refractivity contribution in [2.75, 3.05) is 52.4 Å². The fraction of sp³-hybridized carbons (Fsp3) is 0.610. The molecule has 8 aliphatic carbocycles. The highest BCUT2D eigenvalue weighted by Crippen LogP contribution is 2.68. The number of piperidine rings is 2. The quantitative estimate of drug-likeness (QED) is 0.0174. The number of ether oxygens (including phenoxy) is 2. The van der Waals surface area contributed by atoms with Crippen LogP contribution in [0.5, 0.6) is 0 Å². The summed E-state index contributed by atoms with van der Waals surface area (Å²) >= 11 is 0. The number of carbonyl (C=O) groups excluding carboxylic acids is 7. The minimum Gasteiger partial charge on any atom is -0.393 e. The highest BCUT2D eigenvalue weighted by Gasteiger charge is 2.64. The monoisotopic (exact) mass is 1680 g/mol. The van der Waals surface area contributed by atoms with Gasteiger partial charge in [-0.25, -0.2) is 0 Å². The van der Waals surface area contributed by atoms with E-state index >= 15 is 0 Å². The number of hydrogen-bond acceptors (Lipinski definition) is 14. The first kappa shape index (κ1) is 88.9. The van der Waals surface area contributed by atoms with E-state index in [1.807, 2.05) is 29.6 Å². The van der Waals surface area contributed by atoms with Gasteiger partial charge in [-0.2, -0.15) is 13.2 Å². The highest BCUT2D eigenvalue weighted by molar-refractivity contribution is 6.10. The number of ketones is 2. The Morgan fingerprint density at radius 1 is 0.508 bits per heavy atom. The van der Waals surface area contributed by atoms with Gasteiger partial charge in [-0.1, -0.05) is 161 Å². The molecule has 4 saturated carbocycles. The van der Waals surface area contributed by atoms with Gasteiger partial charge in [0.05, 0.1) is 35.6 Å². The Morgan fingerprint density at radius 2 is 0.902 bits per heavy atom. The average Bonchev–Trinajstić information content (AvgIpc) is 1.55. The number of alkyl halides is 3. The van der Waals surface area contributed by atoms with E-state index in [0.717, 1.165) is 122 Å². The van der Waals surface area contributed by atoms with Crippen molar-refractivity contribution >= 4 is 41.1 Å². The van der Waals surface area contributed by atoms with Crippen LogP contribution in [0.2, 0.25) is 0 Å². The molecule has 22 heteroatoms. The highest BCUT2D eigenvalue weighted by atomic mass is 19.4. The van der Waals surface area contributed by atoms with Crippen molar-refractivity contribution in [1.82, 2.24) is 36.4 Å². The summed E-state index contributed by atoms with van der Waals surface area (Å²) in [6, 6.07) is 29.4. The van der Waals surface area contributed by atoms with Gasteiger partial charge in [-0.15, -0.1) is 0 Å². The van der Waals surface area contributed by atoms with Crippen molar-refractivity contribution < 1.29 is 66.4 Å². The van der Waals surface area contributed by atoms with Crippen molar-refractivity contribution in [2.45, 2.75) is 263 Å². The SMILES string of the molecule is CC1=C2C[C@H]3[C@@H](CC=C4C[C@@H](O)CC[C@@]43C)[C@@H]2CCC12O[C@@H]1C[C@H](C)CN(CCNC(=O)C(CCCCN)NC(=O)c3ccc(C(=O)c4ccccc4)cc3)[C@H]1[C@H]2C.CC1=C2C[C@H]3[C@@H](CC=C4C[C@@H](O)CC[C@@]43C)[C@@H]2CCC12O[C@@H]1C[C@H](C)CN(CCNC(=O)C(CCCCNC(=O)C(F)(F)F)NC(=O)c3ccc(C(=O)c4ccccc4)cc3)[C@H]1[C@H]2C. The van der Waals surface area contributed by atoms with Crippen molar-refractivity contribution in [1.29, 1.82) is 0 Å². The molecule has 2 spiro atoms. The lowest BCUT2D eigenvalue weighted by molar-refractivity contribution is -0.173. The zero-order valence-corrected chi connectivity index (χ0v) is 72.8. The Labute approximate surface area is 719 Å². The molecule has 122 heavy (non-hydrogen) atoms. The molecule has 16 rings (SSSR count). The fourth-order valence-corrected chi connectivity index (χ4v) is 25.7. The molecule has 12 aliphatic rings. The first-order valence-electron chi connectivity index (χ1n) is 46.0. The largest absolute Gasteiger partial charge is 0.471 e. The van der Waals surface area contributed by atoms with Crippen LogP contribution in [-0.2, 0) is 23.9 Å². The summed E-state index contributed by atoms with van der Waals surface area (Å²) in [7, 11) is 0. The van der Waals surface area contributed by atoms with Crippen LogP contribution in [0.1, 0.15) is 249 Å². The van der Waals surface area contributed by atoms with Crippen LogP contribution in [0.25, 0.3) is 0 Å². The molecule has 5 amide bonds. The second-order valence-corrected chi connectivity index (χ2v) is 39.1. The van der Waals surface area contributed by atoms with Gasteiger partial charge in [0.25, 0.3) is 11.8 Å². The van der Waals surface area contributed by atoms with E-state index in [9.17, 15) is 56.9 Å². The first-order chi connectivity index (χ1) is 58.4. The maximum Gasteiger partial charge on any atom is 0.471 e. The third kappa shape index (κ3) is 17.7. The summed E-state index contributed by atoms with van der Waals surface area (Å²) < 4.78 is 52.9. The number of aliphatic hydroxyl groups excluding tert-OH is 2. The van der Waals surface area contributed by atoms with Crippen molar-refractivity contribution in [3.8, 4) is 0 Å². The van der Waals surface area contributed by atoms with E-state index in [2.05, 4.69) is 98.6 Å². The molecule has 22 atom stereocenters. The van der Waals surface area contributed by atoms with Gasteiger partial charge < -0.3 is 52.0 Å². The molecule has 0 bridgehead atoms. The number of amides is 5. The third-order valence-corrected chi connectivity index (χ3v) is 32.1. The summed E-state index contributed by atoms with van der Waals surface area (Å²) in [5.41, 5.74) is 17.5. The van der Waals surface area contributed by atoms with Gasteiger partial charge in [0.15, 0.2) is 11.6 Å². The van der Waals surface area contributed by atoms with Gasteiger partial charge in [0.1, 0.15) is 12.1 Å². The molecule has 4 unspecified atom stereocenters. The summed E-state index contributed by atoms with van der Waals surface area (Å²) in [5.74, 6) is 1.51. The number of nitrogens with one attached hydrogen (secondary N) is 5. The van der Waals surface area contributed by atoms with E-state index in [1.54, 1.807) is 83.9 Å². The molecule has 658 valence electrons. The Kier molecular flexibility index (Phi) is 26.9. The summed E-state index contributed by atoms with van der Waals surface area (Å²) in [6.07, 6.45) is 18.9. The standard InChI is InChI=1S/C51H65F3N4O6.C49H66N4O5/c1-30-26-43-44(32(3)50(64-43)22-20-38-39-18-17-36-27-37(59)19-21-49(36,4)41(39)28-40(38)31(50)2)58(29-30)25-24-55-47(62)42(12-8-9-23-56-48(63)51(52,53)54)57-46(61)35-15-13-34(14-16-35)45(60)33-10-6-5-7-11-33;1-30-26-43-44(32(3)49(58-43)22-20-38-39-18-17-36-27-37(54)19-21-48(36,4)41(39)28-40(38)31(49)2)53(29-30)25-24-51-47(57)42(12-8-9-23-50)52-46(56)35-15-13-34(14-16-35)45(55)33-10-6-5-7-11-33/h5-7,10-11,13-17,30,32,37-39,41-44,59H,8-9,12,18-29H2,1-4H3,(H,55,62)(H,56,63)(H,57,61);5-7,10-11,13-17,30,32,37-39,41-44,54H,8-9,12,18-29,50H2,1-4H3,(H,51,57)(H,52,56)/t30-,32+,37-,38-,39-,41-,42?,43+,44-,49-,50?;30-,32+,37-,38-,39-,41-,42?,43+,44-,48-,49?/m00/s1. The Bertz CT molecular complexity index is 4630. The Morgan fingerprint density at radius 3 is 1.30 bits per heavy atom. The zero-order chi connectivity index (χ0) is 86.3. The number of nitrogens with two attached hydrogens (primary N) is 1. The van der Waals surface area contributed by atoms with Gasteiger partial charge in [0, 0.05) is 103 Å². The third-order valence-electron chi connectivity index (χ3n) is 32.1. The summed E-state index contributed by atoms with van der Waals surface area (Å²) in [6.45, 7) is 23.3. The topological polar surface area (TPSA) is 271 Å². The number of allylic oxidation sites excluding steroid dienone is 4. The summed E-state index contributed by atoms with van der Waals surface area (Å²) in [5, 5.41) is 34.9. The molecule has 4 heterocycles. The number of halogens is 3. The van der Waals surface area contributed by atoms with E-state index < -0.39 is 36.0 Å². The number of aliphatic hydroxyl groups is 2. The number of hydrogen-bond donors (Lipinski definition) is 8. The van der Waals surface area contributed by atoms with E-state index in [0.29, 0.717) is 114 Å². The van der Waals surface area contributed by atoms with Gasteiger partial charge >= 0.3 is 12.1 Å². The molecule has 9 N–H and O–H groups in total. The van der Waals surface area contributed by atoms with Crippen molar-refractivity contribution in [3.05, 3.63) is 188 Å². The fourth-order valence-electron chi connectivity index (χ4n) is 25.7. The molecule has 0 radical (unpaired) electrons. The smallest absolute Gasteiger partial charge is 0.393 e. The minimum absolute atomic E-state index is 0.0649. The Hall–Kier alpha value is -7.96. The second kappa shape index (κ2) is 36.9. The lowest BCUT2D eigenvalue weighted by atomic mass is 9.56. The zero-order valence-electron chi connectivity index (χ0n) is 72.8. The van der Waals surface area contributed by atoms with E-state index in [1.165, 1.54) is 47.3 Å². The van der Waals surface area contributed by atoms with Crippen LogP contribution in [0.15, 0.2) is 155 Å². The predicted molar refractivity (Wildman–Crippen MR) is 464 cm³/mol. The number of likely N-dealkylation sites (tertiary alicyclic amines) is 2. The van der Waals surface area contributed by atoms with E-state index in [-0.39, 0.29) is 119 Å². The predicted octanol–water partition coefficient (Wildman–Crippen LogP) is 14.7. The molecule has 8 fully saturated rings. The van der Waals surface area contributed by atoms with Crippen molar-refractivity contribution in [3.63, 3.8) is 0 Å². The first-order valence-corrected chi connectivity index (χ1v) is 46.0. The number of carbonyl (C=O) groups is 7. The maximum atomic E-state index is 13.9. The molecule has 19 nitrogen and oxygen atoms in total. The van der Waals surface area contributed by atoms with Gasteiger partial charge in [0.2, 0.25) is 11.8 Å². The number of unbranched alkanes of at least 4 members (excludes halogenated alkanes) is 2.